The first-order valence-corrected chi connectivity index (χ1v) is 12.9. The molecule has 1 aliphatic carbocycles. The van der Waals surface area contributed by atoms with Gasteiger partial charge in [0.2, 0.25) is 0 Å². The molecule has 7 heteroatoms. The monoisotopic (exact) mass is 499 g/mol. The maximum atomic E-state index is 11.7. The van der Waals surface area contributed by atoms with Crippen molar-refractivity contribution in [1.29, 1.82) is 0 Å². The molecule has 0 bridgehead atoms. The lowest BCUT2D eigenvalue weighted by molar-refractivity contribution is -0.110. The molecule has 2 N–H and O–H groups in total. The first-order chi connectivity index (χ1) is 16.0. The maximum absolute atomic E-state index is 11.7. The highest BCUT2D eigenvalue weighted by atomic mass is 35.5. The van der Waals surface area contributed by atoms with Crippen LogP contribution in [0.5, 0.6) is 0 Å². The molecule has 2 unspecified atom stereocenters. The Morgan fingerprint density at radius 3 is 2.30 bits per heavy atom. The summed E-state index contributed by atoms with van der Waals surface area (Å²) in [6.07, 6.45) is 3.13. The normalized spacial score (nSPS) is 19.4. The van der Waals surface area contributed by atoms with Gasteiger partial charge in [-0.25, -0.2) is 0 Å². The molecule has 1 aliphatic heterocycles. The first-order valence-electron chi connectivity index (χ1n) is 11.3. The van der Waals surface area contributed by atoms with Gasteiger partial charge in [-0.15, -0.1) is 11.3 Å². The first kappa shape index (κ1) is 23.0. The number of aldehydes is 1. The van der Waals surface area contributed by atoms with Gasteiger partial charge in [0.25, 0.3) is 0 Å². The zero-order chi connectivity index (χ0) is 22.9. The van der Waals surface area contributed by atoms with Gasteiger partial charge in [-0.1, -0.05) is 53.5 Å². The summed E-state index contributed by atoms with van der Waals surface area (Å²) in [7, 11) is 0. The lowest BCUT2D eigenvalue weighted by Crippen LogP contribution is -2.54. The lowest BCUT2D eigenvalue weighted by atomic mass is 10.0. The highest BCUT2D eigenvalue weighted by Gasteiger charge is 2.34. The predicted octanol–water partition coefficient (Wildman–Crippen LogP) is 5.07. The molecule has 3 aromatic rings. The number of carbonyl (C=O) groups is 1. The fraction of sp³-hybridized carbons (Fsp3) is 0.346. The van der Waals surface area contributed by atoms with Gasteiger partial charge in [0.05, 0.1) is 17.1 Å². The molecule has 2 aromatic carbocycles. The van der Waals surface area contributed by atoms with Gasteiger partial charge >= 0.3 is 0 Å². The van der Waals surface area contributed by atoms with Crippen molar-refractivity contribution in [3.8, 4) is 10.4 Å². The van der Waals surface area contributed by atoms with Crippen LogP contribution in [-0.2, 0) is 17.6 Å². The topological polar surface area (TPSA) is 49.6 Å². The third-order valence-electron chi connectivity index (χ3n) is 6.92. The van der Waals surface area contributed by atoms with Crippen LogP contribution in [0, 0.1) is 0 Å². The van der Waals surface area contributed by atoms with Crippen molar-refractivity contribution < 1.29 is 4.79 Å². The largest absolute Gasteiger partial charge is 0.320 e. The number of benzene rings is 2. The minimum absolute atomic E-state index is 0.129. The van der Waals surface area contributed by atoms with Crippen molar-refractivity contribution in [1.82, 2.24) is 9.80 Å². The van der Waals surface area contributed by atoms with E-state index in [1.54, 1.807) is 17.4 Å². The van der Waals surface area contributed by atoms with Crippen LogP contribution in [0.2, 0.25) is 10.0 Å². The lowest BCUT2D eigenvalue weighted by Gasteiger charge is -2.42. The van der Waals surface area contributed by atoms with Crippen LogP contribution in [0.3, 0.4) is 0 Å². The molecule has 33 heavy (non-hydrogen) atoms. The summed E-state index contributed by atoms with van der Waals surface area (Å²) < 4.78 is 0. The van der Waals surface area contributed by atoms with Crippen molar-refractivity contribution in [2.45, 2.75) is 31.0 Å². The van der Waals surface area contributed by atoms with Crippen LogP contribution in [0.4, 0.5) is 0 Å². The minimum atomic E-state index is -0.570. The van der Waals surface area contributed by atoms with E-state index in [4.69, 9.17) is 28.9 Å². The Bertz CT molecular complexity index is 1120. The average molecular weight is 500 g/mol. The third kappa shape index (κ3) is 4.76. The van der Waals surface area contributed by atoms with E-state index in [1.807, 2.05) is 12.1 Å². The van der Waals surface area contributed by atoms with Crippen LogP contribution < -0.4 is 5.73 Å². The second-order valence-corrected chi connectivity index (χ2v) is 10.8. The number of rotatable bonds is 6. The SMILES string of the molecule is NC(C=O)C(c1ccc(-c2ccc(Cl)cc2Cl)s1)N1CCN(C2Cc3ccccc3C2)CC1. The van der Waals surface area contributed by atoms with Crippen molar-refractivity contribution in [2.24, 2.45) is 5.73 Å². The molecule has 2 atom stereocenters. The quantitative estimate of drug-likeness (QED) is 0.480. The molecule has 172 valence electrons. The van der Waals surface area contributed by atoms with Crippen LogP contribution in [0.15, 0.2) is 54.6 Å². The second-order valence-electron chi connectivity index (χ2n) is 8.89. The molecule has 4 nitrogen and oxygen atoms in total. The van der Waals surface area contributed by atoms with E-state index in [-0.39, 0.29) is 6.04 Å². The van der Waals surface area contributed by atoms with E-state index in [0.717, 1.165) is 60.6 Å². The third-order valence-corrected chi connectivity index (χ3v) is 8.66. The van der Waals surface area contributed by atoms with Crippen molar-refractivity contribution >= 4 is 40.8 Å². The Morgan fingerprint density at radius 2 is 1.67 bits per heavy atom. The Kier molecular flexibility index (Phi) is 6.89. The summed E-state index contributed by atoms with van der Waals surface area (Å²) in [5, 5.41) is 1.24. The van der Waals surface area contributed by atoms with Gasteiger partial charge in [0.15, 0.2) is 0 Å². The molecule has 1 aromatic heterocycles. The van der Waals surface area contributed by atoms with Gasteiger partial charge in [0.1, 0.15) is 6.29 Å². The second kappa shape index (κ2) is 9.87. The highest BCUT2D eigenvalue weighted by Crippen LogP contribution is 2.39. The van der Waals surface area contributed by atoms with E-state index in [0.29, 0.717) is 16.1 Å². The number of hydrogen-bond donors (Lipinski definition) is 1. The minimum Gasteiger partial charge on any atom is -0.320 e. The van der Waals surface area contributed by atoms with Gasteiger partial charge < -0.3 is 10.5 Å². The van der Waals surface area contributed by atoms with Crippen LogP contribution >= 0.6 is 34.5 Å². The summed E-state index contributed by atoms with van der Waals surface area (Å²) >= 11 is 14.1. The summed E-state index contributed by atoms with van der Waals surface area (Å²) in [4.78, 5) is 18.9. The predicted molar refractivity (Wildman–Crippen MR) is 137 cm³/mol. The molecule has 1 saturated heterocycles. The fourth-order valence-corrected chi connectivity index (χ4v) is 7.02. The number of hydrogen-bond acceptors (Lipinski definition) is 5. The van der Waals surface area contributed by atoms with E-state index < -0.39 is 6.04 Å². The molecular formula is C26H27Cl2N3OS. The van der Waals surface area contributed by atoms with Gasteiger partial charge in [0, 0.05) is 52.6 Å². The Labute approximate surface area is 208 Å². The number of piperazine rings is 1. The molecule has 2 aliphatic rings. The molecule has 2 heterocycles. The summed E-state index contributed by atoms with van der Waals surface area (Å²) in [6, 6.07) is 18.3. The zero-order valence-electron chi connectivity index (χ0n) is 18.3. The fourth-order valence-electron chi connectivity index (χ4n) is 5.21. The van der Waals surface area contributed by atoms with Crippen LogP contribution in [0.1, 0.15) is 22.0 Å². The molecule has 0 amide bonds. The summed E-state index contributed by atoms with van der Waals surface area (Å²) in [5.74, 6) is 0. The van der Waals surface area contributed by atoms with Crippen LogP contribution in [-0.4, -0.2) is 54.3 Å². The molecule has 1 fully saturated rings. The van der Waals surface area contributed by atoms with E-state index in [9.17, 15) is 4.79 Å². The van der Waals surface area contributed by atoms with Gasteiger partial charge in [-0.2, -0.15) is 0 Å². The van der Waals surface area contributed by atoms with Crippen molar-refractivity contribution in [2.75, 3.05) is 26.2 Å². The number of nitrogens with two attached hydrogens (primary N) is 1. The van der Waals surface area contributed by atoms with E-state index >= 15 is 0 Å². The number of carbonyl (C=O) groups excluding carboxylic acids is 1. The average Bonchev–Trinajstić information content (AvgIpc) is 3.47. The Balaban J connectivity index is 1.30. The standard InChI is InChI=1S/C26H27Cl2N3OS/c27-19-5-6-21(22(28)15-19)24-7-8-25(33-24)26(23(29)16-32)31-11-9-30(10-12-31)20-13-17-3-1-2-4-18(17)14-20/h1-8,15-16,20,23,26H,9-14,29H2. The Morgan fingerprint density at radius 1 is 0.970 bits per heavy atom. The van der Waals surface area contributed by atoms with Crippen molar-refractivity contribution in [3.63, 3.8) is 0 Å². The van der Waals surface area contributed by atoms with E-state index in [2.05, 4.69) is 46.2 Å². The smallest absolute Gasteiger partial charge is 0.138 e. The number of nitrogens with zero attached hydrogens (tertiary/aromatic N) is 2. The number of halogens is 2. The molecule has 0 spiro atoms. The molecule has 0 saturated carbocycles. The van der Waals surface area contributed by atoms with Crippen LogP contribution in [0.25, 0.3) is 10.4 Å². The van der Waals surface area contributed by atoms with Gasteiger partial charge in [-0.05, 0) is 48.2 Å². The number of thiophene rings is 1. The Hall–Kier alpha value is -1.73. The number of fused-ring (bicyclic) bond motifs is 1. The maximum Gasteiger partial charge on any atom is 0.138 e. The zero-order valence-corrected chi connectivity index (χ0v) is 20.6. The highest BCUT2D eigenvalue weighted by molar-refractivity contribution is 7.15. The molecular weight excluding hydrogens is 473 g/mol. The molecule has 0 radical (unpaired) electrons. The van der Waals surface area contributed by atoms with Crippen molar-refractivity contribution in [3.05, 3.63) is 80.6 Å². The van der Waals surface area contributed by atoms with E-state index in [1.165, 1.54) is 11.1 Å². The summed E-state index contributed by atoms with van der Waals surface area (Å²) in [5.41, 5.74) is 10.2. The van der Waals surface area contributed by atoms with Gasteiger partial charge in [-0.3, -0.25) is 9.80 Å². The summed E-state index contributed by atoms with van der Waals surface area (Å²) in [6.45, 7) is 3.77. The molecule has 5 rings (SSSR count).